The summed E-state index contributed by atoms with van der Waals surface area (Å²) in [6.07, 6.45) is 0. The summed E-state index contributed by atoms with van der Waals surface area (Å²) in [5, 5.41) is 68.1. The van der Waals surface area contributed by atoms with Crippen molar-refractivity contribution in [1.29, 1.82) is 0 Å². The minimum absolute atomic E-state index is 0.0148. The van der Waals surface area contributed by atoms with Crippen LogP contribution in [-0.2, 0) is 0 Å². The summed E-state index contributed by atoms with van der Waals surface area (Å²) in [5.74, 6) is -5.18. The van der Waals surface area contributed by atoms with Crippen LogP contribution in [0.3, 0.4) is 0 Å². The lowest BCUT2D eigenvalue weighted by Crippen LogP contribution is -1.81. The number of rotatable bonds is 0. The predicted molar refractivity (Wildman–Crippen MR) is 72.2 cm³/mol. The molecular weight excluding hydrogens is 282 g/mol. The van der Waals surface area contributed by atoms with Gasteiger partial charge in [-0.2, -0.15) is 0 Å². The van der Waals surface area contributed by atoms with Gasteiger partial charge in [-0.1, -0.05) is 0 Å². The summed E-state index contributed by atoms with van der Waals surface area (Å²) in [6.45, 7) is 1.35. The molecule has 8 N–H and O–H groups in total. The van der Waals surface area contributed by atoms with Crippen molar-refractivity contribution < 1.29 is 35.7 Å². The van der Waals surface area contributed by atoms with Crippen LogP contribution in [0.25, 0.3) is 21.8 Å². The van der Waals surface area contributed by atoms with E-state index in [0.29, 0.717) is 0 Å². The molecule has 0 spiro atoms. The molecule has 21 heavy (non-hydrogen) atoms. The lowest BCUT2D eigenvalue weighted by Gasteiger charge is -2.08. The maximum absolute atomic E-state index is 10.0. The van der Waals surface area contributed by atoms with Crippen LogP contribution in [0.4, 0.5) is 0 Å². The summed E-state index contributed by atoms with van der Waals surface area (Å²) in [4.78, 5) is 2.53. The number of nitrogens with one attached hydrogen (secondary N) is 1. The molecule has 1 heterocycles. The van der Waals surface area contributed by atoms with Crippen LogP contribution in [0, 0.1) is 6.92 Å². The Kier molecular flexibility index (Phi) is 2.26. The number of hydrogen-bond donors (Lipinski definition) is 8. The van der Waals surface area contributed by atoms with E-state index in [1.807, 2.05) is 0 Å². The number of hydrogen-bond acceptors (Lipinski definition) is 7. The van der Waals surface area contributed by atoms with Crippen LogP contribution < -0.4 is 0 Å². The minimum atomic E-state index is -0.986. The molecule has 0 saturated heterocycles. The van der Waals surface area contributed by atoms with Gasteiger partial charge in [-0.25, -0.2) is 0 Å². The summed E-state index contributed by atoms with van der Waals surface area (Å²) < 4.78 is 0. The Hall–Kier alpha value is -3.16. The van der Waals surface area contributed by atoms with Crippen LogP contribution in [0.5, 0.6) is 40.2 Å². The van der Waals surface area contributed by atoms with Crippen LogP contribution >= 0.6 is 0 Å². The van der Waals surface area contributed by atoms with Gasteiger partial charge in [-0.05, 0) is 6.92 Å². The van der Waals surface area contributed by atoms with Gasteiger partial charge in [0.2, 0.25) is 11.5 Å². The third kappa shape index (κ3) is 1.33. The van der Waals surface area contributed by atoms with Gasteiger partial charge >= 0.3 is 0 Å². The van der Waals surface area contributed by atoms with Crippen LogP contribution in [0.15, 0.2) is 0 Å². The molecule has 8 nitrogen and oxygen atoms in total. The largest absolute Gasteiger partial charge is 0.505 e. The average molecular weight is 293 g/mol. The van der Waals surface area contributed by atoms with E-state index in [4.69, 9.17) is 0 Å². The molecule has 0 radical (unpaired) electrons. The van der Waals surface area contributed by atoms with Gasteiger partial charge in [0.15, 0.2) is 23.0 Å². The number of aromatic nitrogens is 1. The molecule has 0 fully saturated rings. The maximum Gasteiger partial charge on any atom is 0.206 e. The standard InChI is InChI=1S/C13H11NO7/c1-2-7(15)5-3(9(17)8(2)16)4-6(14-5)11(19)13(21)12(20)10(4)18/h14-21H,1H3. The Morgan fingerprint density at radius 3 is 1.52 bits per heavy atom. The van der Waals surface area contributed by atoms with Crippen LogP contribution in [0.1, 0.15) is 5.56 Å². The molecule has 0 aliphatic rings. The van der Waals surface area contributed by atoms with Gasteiger partial charge in [-0.15, -0.1) is 0 Å². The fourth-order valence-electron chi connectivity index (χ4n) is 2.39. The summed E-state index contributed by atoms with van der Waals surface area (Å²) in [6, 6.07) is 0. The van der Waals surface area contributed by atoms with E-state index in [-0.39, 0.29) is 27.4 Å². The fourth-order valence-corrected chi connectivity index (χ4v) is 2.39. The first-order valence-corrected chi connectivity index (χ1v) is 5.82. The molecule has 0 amide bonds. The van der Waals surface area contributed by atoms with E-state index in [2.05, 4.69) is 4.98 Å². The third-order valence-corrected chi connectivity index (χ3v) is 3.55. The highest BCUT2D eigenvalue weighted by atomic mass is 16.3. The molecule has 0 saturated carbocycles. The molecule has 0 bridgehead atoms. The van der Waals surface area contributed by atoms with Crippen molar-refractivity contribution in [2.24, 2.45) is 0 Å². The quantitative estimate of drug-likeness (QED) is 0.231. The van der Waals surface area contributed by atoms with Crippen molar-refractivity contribution in [1.82, 2.24) is 4.98 Å². The molecule has 1 aromatic heterocycles. The maximum atomic E-state index is 10.0. The summed E-state index contributed by atoms with van der Waals surface area (Å²) in [7, 11) is 0. The monoisotopic (exact) mass is 293 g/mol. The van der Waals surface area contributed by atoms with Crippen molar-refractivity contribution in [3.63, 3.8) is 0 Å². The molecule has 0 aliphatic heterocycles. The highest BCUT2D eigenvalue weighted by molar-refractivity contribution is 6.18. The fraction of sp³-hybridized carbons (Fsp3) is 0.0769. The molecule has 3 aromatic rings. The molecular formula is C13H11NO7. The van der Waals surface area contributed by atoms with E-state index in [9.17, 15) is 35.7 Å². The Morgan fingerprint density at radius 2 is 0.952 bits per heavy atom. The van der Waals surface area contributed by atoms with E-state index in [1.165, 1.54) is 6.92 Å². The van der Waals surface area contributed by atoms with Gasteiger partial charge in [0.1, 0.15) is 5.75 Å². The smallest absolute Gasteiger partial charge is 0.206 e. The Balaban J connectivity index is 2.73. The number of fused-ring (bicyclic) bond motifs is 3. The number of H-pyrrole nitrogens is 1. The first-order valence-electron chi connectivity index (χ1n) is 5.82. The van der Waals surface area contributed by atoms with Gasteiger partial charge in [0.25, 0.3) is 0 Å². The highest BCUT2D eigenvalue weighted by Gasteiger charge is 2.27. The molecule has 0 atom stereocenters. The number of benzene rings is 2. The number of phenols is 7. The van der Waals surface area contributed by atoms with E-state index >= 15 is 0 Å². The Bertz CT molecular complexity index is 852. The Labute approximate surface area is 116 Å². The molecule has 0 aliphatic carbocycles. The van der Waals surface area contributed by atoms with Gasteiger partial charge in [0, 0.05) is 5.56 Å². The first-order chi connectivity index (χ1) is 9.77. The zero-order chi connectivity index (χ0) is 15.6. The van der Waals surface area contributed by atoms with E-state index in [1.54, 1.807) is 0 Å². The van der Waals surface area contributed by atoms with Crippen molar-refractivity contribution in [3.8, 4) is 40.2 Å². The van der Waals surface area contributed by atoms with Gasteiger partial charge in [0.05, 0.1) is 21.8 Å². The second-order valence-corrected chi connectivity index (χ2v) is 4.69. The Morgan fingerprint density at radius 1 is 0.524 bits per heavy atom. The predicted octanol–water partition coefficient (Wildman–Crippen LogP) is 1.57. The second-order valence-electron chi connectivity index (χ2n) is 4.69. The van der Waals surface area contributed by atoms with Crippen LogP contribution in [-0.4, -0.2) is 40.7 Å². The molecule has 2 aromatic carbocycles. The summed E-state index contributed by atoms with van der Waals surface area (Å²) in [5.41, 5.74) is -0.305. The third-order valence-electron chi connectivity index (χ3n) is 3.55. The number of aromatic amines is 1. The minimum Gasteiger partial charge on any atom is -0.505 e. The lowest BCUT2D eigenvalue weighted by molar-refractivity contribution is 0.350. The van der Waals surface area contributed by atoms with Crippen molar-refractivity contribution in [2.45, 2.75) is 6.92 Å². The van der Waals surface area contributed by atoms with E-state index in [0.717, 1.165) is 0 Å². The number of phenolic OH excluding ortho intramolecular Hbond substituents is 7. The normalized spacial score (nSPS) is 11.5. The molecule has 8 heteroatoms. The van der Waals surface area contributed by atoms with Gasteiger partial charge < -0.3 is 40.7 Å². The van der Waals surface area contributed by atoms with Gasteiger partial charge in [-0.3, -0.25) is 0 Å². The van der Waals surface area contributed by atoms with E-state index < -0.39 is 40.2 Å². The van der Waals surface area contributed by atoms with Crippen molar-refractivity contribution in [2.75, 3.05) is 0 Å². The average Bonchev–Trinajstić information content (AvgIpc) is 2.87. The van der Waals surface area contributed by atoms with Crippen LogP contribution in [0.2, 0.25) is 0 Å². The molecule has 0 unspecified atom stereocenters. The van der Waals surface area contributed by atoms with Crippen molar-refractivity contribution >= 4 is 21.8 Å². The molecule has 3 rings (SSSR count). The summed E-state index contributed by atoms with van der Waals surface area (Å²) >= 11 is 0. The topological polar surface area (TPSA) is 157 Å². The zero-order valence-electron chi connectivity index (χ0n) is 10.6. The zero-order valence-corrected chi connectivity index (χ0v) is 10.6. The lowest BCUT2D eigenvalue weighted by atomic mass is 10.1. The highest BCUT2D eigenvalue weighted by Crippen LogP contribution is 2.55. The van der Waals surface area contributed by atoms with Crippen molar-refractivity contribution in [3.05, 3.63) is 5.56 Å². The second kappa shape index (κ2) is 3.69. The molecule has 110 valence electrons. The SMILES string of the molecule is Cc1c(O)c(O)c2c([nH]c3c(O)c(O)c(O)c(O)c32)c1O. The first kappa shape index (κ1) is 12.9. The number of aromatic hydroxyl groups is 7.